The van der Waals surface area contributed by atoms with E-state index < -0.39 is 0 Å². The van der Waals surface area contributed by atoms with Gasteiger partial charge >= 0.3 is 0 Å². The lowest BCUT2D eigenvalue weighted by Gasteiger charge is -2.25. The molecular weight excluding hydrogens is 138 g/mol. The molecule has 0 amide bonds. The third kappa shape index (κ3) is 0.951. The molecule has 0 saturated carbocycles. The van der Waals surface area contributed by atoms with Gasteiger partial charge < -0.3 is 4.57 Å². The van der Waals surface area contributed by atoms with Crippen molar-refractivity contribution in [2.75, 3.05) is 0 Å². The van der Waals surface area contributed by atoms with Crippen LogP contribution in [0.5, 0.6) is 0 Å². The van der Waals surface area contributed by atoms with E-state index in [9.17, 15) is 0 Å². The van der Waals surface area contributed by atoms with E-state index in [1.165, 1.54) is 6.42 Å². The third-order valence-corrected chi connectivity index (χ3v) is 2.73. The molecule has 1 aromatic rings. The second-order valence-corrected chi connectivity index (χ2v) is 3.44. The average molecular weight is 151 g/mol. The summed E-state index contributed by atoms with van der Waals surface area (Å²) in [5, 5.41) is 8.00. The Kier molecular flexibility index (Phi) is 1.44. The van der Waals surface area contributed by atoms with Crippen molar-refractivity contribution in [3.8, 4) is 0 Å². The summed E-state index contributed by atoms with van der Waals surface area (Å²) < 4.78 is 2.16. The fraction of sp³-hybridized carbons (Fsp3) is 0.750. The average Bonchev–Trinajstić information content (AvgIpc) is 2.45. The molecule has 0 aliphatic carbocycles. The molecule has 0 fully saturated rings. The highest BCUT2D eigenvalue weighted by atomic mass is 15.3. The lowest BCUT2D eigenvalue weighted by Crippen LogP contribution is -2.20. The van der Waals surface area contributed by atoms with E-state index in [1.54, 1.807) is 0 Å². The van der Waals surface area contributed by atoms with Gasteiger partial charge in [0.05, 0.1) is 0 Å². The van der Waals surface area contributed by atoms with Gasteiger partial charge in [-0.05, 0) is 12.3 Å². The SMILES string of the molecule is CC1CCn2cnnc2C1C. The van der Waals surface area contributed by atoms with Gasteiger partial charge in [-0.1, -0.05) is 13.8 Å². The van der Waals surface area contributed by atoms with E-state index in [1.807, 2.05) is 6.33 Å². The number of nitrogens with zero attached hydrogens (tertiary/aromatic N) is 3. The standard InChI is InChI=1S/C8H13N3/c1-6-3-4-11-5-9-10-8(11)7(6)2/h5-7H,3-4H2,1-2H3. The first-order valence-electron chi connectivity index (χ1n) is 4.16. The Morgan fingerprint density at radius 1 is 1.55 bits per heavy atom. The van der Waals surface area contributed by atoms with Crippen molar-refractivity contribution >= 4 is 0 Å². The molecule has 0 radical (unpaired) electrons. The number of aryl methyl sites for hydroxylation is 1. The Balaban J connectivity index is 2.38. The maximum absolute atomic E-state index is 4.10. The lowest BCUT2D eigenvalue weighted by atomic mass is 9.89. The van der Waals surface area contributed by atoms with E-state index in [2.05, 4.69) is 28.6 Å². The zero-order valence-corrected chi connectivity index (χ0v) is 6.99. The second kappa shape index (κ2) is 2.32. The van der Waals surface area contributed by atoms with E-state index >= 15 is 0 Å². The molecule has 2 heterocycles. The zero-order chi connectivity index (χ0) is 7.84. The molecule has 11 heavy (non-hydrogen) atoms. The predicted octanol–water partition coefficient (Wildman–Crippen LogP) is 1.42. The lowest BCUT2D eigenvalue weighted by molar-refractivity contribution is 0.350. The number of hydrogen-bond donors (Lipinski definition) is 0. The van der Waals surface area contributed by atoms with Crippen LogP contribution < -0.4 is 0 Å². The molecule has 1 aromatic heterocycles. The first kappa shape index (κ1) is 6.83. The van der Waals surface area contributed by atoms with Crippen LogP contribution in [0.15, 0.2) is 6.33 Å². The molecule has 60 valence electrons. The van der Waals surface area contributed by atoms with Crippen LogP contribution in [-0.4, -0.2) is 14.8 Å². The van der Waals surface area contributed by atoms with Crippen molar-refractivity contribution < 1.29 is 0 Å². The van der Waals surface area contributed by atoms with Gasteiger partial charge in [0.25, 0.3) is 0 Å². The molecule has 0 N–H and O–H groups in total. The minimum absolute atomic E-state index is 0.575. The fourth-order valence-electron chi connectivity index (χ4n) is 1.64. The summed E-state index contributed by atoms with van der Waals surface area (Å²) >= 11 is 0. The normalized spacial score (nSPS) is 30.0. The summed E-state index contributed by atoms with van der Waals surface area (Å²) in [6.45, 7) is 5.60. The molecule has 2 rings (SSSR count). The molecule has 3 nitrogen and oxygen atoms in total. The first-order chi connectivity index (χ1) is 5.29. The van der Waals surface area contributed by atoms with Gasteiger partial charge in [-0.15, -0.1) is 10.2 Å². The molecule has 1 aliphatic rings. The molecule has 0 spiro atoms. The Morgan fingerprint density at radius 3 is 3.18 bits per heavy atom. The smallest absolute Gasteiger partial charge is 0.135 e. The number of fused-ring (bicyclic) bond motifs is 1. The van der Waals surface area contributed by atoms with E-state index in [0.29, 0.717) is 5.92 Å². The van der Waals surface area contributed by atoms with E-state index in [4.69, 9.17) is 0 Å². The van der Waals surface area contributed by atoms with Crippen molar-refractivity contribution in [3.05, 3.63) is 12.2 Å². The van der Waals surface area contributed by atoms with Crippen LogP contribution in [0.1, 0.15) is 32.0 Å². The molecular formula is C8H13N3. The Hall–Kier alpha value is -0.860. The van der Waals surface area contributed by atoms with Gasteiger partial charge in [0.15, 0.2) is 0 Å². The Bertz CT molecular complexity index is 254. The Morgan fingerprint density at radius 2 is 2.36 bits per heavy atom. The largest absolute Gasteiger partial charge is 0.317 e. The number of hydrogen-bond acceptors (Lipinski definition) is 2. The highest BCUT2D eigenvalue weighted by Gasteiger charge is 2.23. The quantitative estimate of drug-likeness (QED) is 0.561. The van der Waals surface area contributed by atoms with Gasteiger partial charge in [-0.2, -0.15) is 0 Å². The van der Waals surface area contributed by atoms with Crippen molar-refractivity contribution in [2.24, 2.45) is 5.92 Å². The third-order valence-electron chi connectivity index (χ3n) is 2.73. The summed E-state index contributed by atoms with van der Waals surface area (Å²) in [4.78, 5) is 0. The summed E-state index contributed by atoms with van der Waals surface area (Å²) in [5.74, 6) is 2.49. The van der Waals surface area contributed by atoms with Crippen LogP contribution in [-0.2, 0) is 6.54 Å². The highest BCUT2D eigenvalue weighted by molar-refractivity contribution is 4.99. The maximum atomic E-state index is 4.10. The minimum atomic E-state index is 0.575. The van der Waals surface area contributed by atoms with Gasteiger partial charge in [-0.3, -0.25) is 0 Å². The molecule has 1 aliphatic heterocycles. The van der Waals surface area contributed by atoms with Gasteiger partial charge in [0.1, 0.15) is 12.2 Å². The van der Waals surface area contributed by atoms with Crippen LogP contribution in [0.25, 0.3) is 0 Å². The van der Waals surface area contributed by atoms with Gasteiger partial charge in [-0.25, -0.2) is 0 Å². The number of aromatic nitrogens is 3. The van der Waals surface area contributed by atoms with Crippen molar-refractivity contribution in [2.45, 2.75) is 32.7 Å². The van der Waals surface area contributed by atoms with Crippen molar-refractivity contribution in [1.29, 1.82) is 0 Å². The molecule has 3 heteroatoms. The summed E-state index contributed by atoms with van der Waals surface area (Å²) in [7, 11) is 0. The number of rotatable bonds is 0. The highest BCUT2D eigenvalue weighted by Crippen LogP contribution is 2.29. The van der Waals surface area contributed by atoms with Crippen LogP contribution in [0.3, 0.4) is 0 Å². The predicted molar refractivity (Wildman–Crippen MR) is 42.2 cm³/mol. The zero-order valence-electron chi connectivity index (χ0n) is 6.99. The summed E-state index contributed by atoms with van der Waals surface area (Å²) in [5.41, 5.74) is 0. The molecule has 2 atom stereocenters. The van der Waals surface area contributed by atoms with Gasteiger partial charge in [0.2, 0.25) is 0 Å². The topological polar surface area (TPSA) is 30.7 Å². The molecule has 0 saturated heterocycles. The van der Waals surface area contributed by atoms with Crippen LogP contribution in [0.2, 0.25) is 0 Å². The summed E-state index contributed by atoms with van der Waals surface area (Å²) in [6.07, 6.45) is 3.09. The monoisotopic (exact) mass is 151 g/mol. The van der Waals surface area contributed by atoms with E-state index in [0.717, 1.165) is 18.3 Å². The van der Waals surface area contributed by atoms with Crippen LogP contribution >= 0.6 is 0 Å². The minimum Gasteiger partial charge on any atom is -0.317 e. The van der Waals surface area contributed by atoms with Crippen molar-refractivity contribution in [3.63, 3.8) is 0 Å². The van der Waals surface area contributed by atoms with E-state index in [-0.39, 0.29) is 0 Å². The van der Waals surface area contributed by atoms with Crippen LogP contribution in [0.4, 0.5) is 0 Å². The molecule has 0 bridgehead atoms. The maximum Gasteiger partial charge on any atom is 0.135 e. The van der Waals surface area contributed by atoms with Gasteiger partial charge in [0, 0.05) is 12.5 Å². The Labute approximate surface area is 66.4 Å². The fourth-order valence-corrected chi connectivity index (χ4v) is 1.64. The summed E-state index contributed by atoms with van der Waals surface area (Å²) in [6, 6.07) is 0. The first-order valence-corrected chi connectivity index (χ1v) is 4.16. The molecule has 2 unspecified atom stereocenters. The molecule has 0 aromatic carbocycles. The van der Waals surface area contributed by atoms with Crippen LogP contribution in [0, 0.1) is 5.92 Å². The second-order valence-electron chi connectivity index (χ2n) is 3.44. The van der Waals surface area contributed by atoms with Crippen molar-refractivity contribution in [1.82, 2.24) is 14.8 Å².